The van der Waals surface area contributed by atoms with Crippen LogP contribution in [0, 0.1) is 0 Å². The van der Waals surface area contributed by atoms with E-state index in [1.807, 2.05) is 0 Å². The molecule has 7 heteroatoms. The topological polar surface area (TPSA) is 42.3 Å². The third kappa shape index (κ3) is 30.0. The van der Waals surface area contributed by atoms with Gasteiger partial charge in [-0.2, -0.15) is 42.3 Å². The predicted molar refractivity (Wildman–Crippen MR) is 76.7 cm³/mol. The maximum atomic E-state index is 11.8. The van der Waals surface area contributed by atoms with Crippen LogP contribution in [-0.2, 0) is 25.8 Å². The Hall–Kier alpha value is 0.503. The molecule has 18 heavy (non-hydrogen) atoms. The first-order chi connectivity index (χ1) is 8.05. The summed E-state index contributed by atoms with van der Waals surface area (Å²) in [7, 11) is 10.5. The summed E-state index contributed by atoms with van der Waals surface area (Å²) in [4.78, 5) is 0. The predicted octanol–water partition coefficient (Wildman–Crippen LogP) is 2.63. The average molecular weight is 486 g/mol. The van der Waals surface area contributed by atoms with E-state index in [1.165, 1.54) is 12.1 Å². The molecule has 0 bridgehead atoms. The van der Waals surface area contributed by atoms with Crippen LogP contribution in [0.5, 0.6) is 0 Å². The van der Waals surface area contributed by atoms with Gasteiger partial charge in [0, 0.05) is 0 Å². The van der Waals surface area contributed by atoms with Gasteiger partial charge in [0.05, 0.1) is 0 Å². The van der Waals surface area contributed by atoms with Crippen molar-refractivity contribution in [2.75, 3.05) is 42.3 Å². The minimum Gasteiger partial charge on any atom is 4.00 e. The molecular weight excluding hydrogens is 463 g/mol. The Morgan fingerprint density at radius 3 is 1.11 bits per heavy atom. The molecule has 0 aromatic heterocycles. The van der Waals surface area contributed by atoms with Crippen LogP contribution in [0.3, 0.4) is 0 Å². The smallest absolute Gasteiger partial charge is 4.00 e. The zero-order chi connectivity index (χ0) is 14.1. The van der Waals surface area contributed by atoms with Crippen LogP contribution < -0.4 is 4.40 Å². The Kier molecular flexibility index (Phi) is 39.1. The molecule has 0 aliphatic carbocycles. The van der Waals surface area contributed by atoms with Crippen molar-refractivity contribution < 1.29 is 32.8 Å². The minimum atomic E-state index is -3.89. The molecule has 3 nitrogen and oxygen atoms in total. The minimum absolute atomic E-state index is 0. The van der Waals surface area contributed by atoms with E-state index >= 15 is 0 Å². The molecule has 0 radical (unpaired) electrons. The summed E-state index contributed by atoms with van der Waals surface area (Å²) >= 11 is -3.89. The molecule has 0 fully saturated rings. The third-order valence-electron chi connectivity index (χ3n) is 0.940. The van der Waals surface area contributed by atoms with Crippen LogP contribution in [0.2, 0.25) is 0 Å². The molecule has 0 atom stereocenters. The Labute approximate surface area is 134 Å². The number of rotatable bonds is 1. The summed E-state index contributed by atoms with van der Waals surface area (Å²) in [5.74, 6) is 0. The summed E-state index contributed by atoms with van der Waals surface area (Å²) < 4.78 is 23.9. The van der Waals surface area contributed by atoms with E-state index in [2.05, 4.69) is 16.0 Å². The Morgan fingerprint density at radius 2 is 1.00 bits per heavy atom. The zero-order valence-corrected chi connectivity index (χ0v) is 18.0. The van der Waals surface area contributed by atoms with Gasteiger partial charge in [-0.3, -0.25) is 0 Å². The first-order valence-electron chi connectivity index (χ1n) is 4.99. The van der Waals surface area contributed by atoms with Gasteiger partial charge >= 0.3 is 76.8 Å². The van der Waals surface area contributed by atoms with Crippen LogP contribution in [0.15, 0.2) is 24.3 Å². The van der Waals surface area contributed by atoms with E-state index < -0.39 is 15.3 Å². The quantitative estimate of drug-likeness (QED) is 0.433. The van der Waals surface area contributed by atoms with Crippen LogP contribution in [0.4, 0.5) is 7.00 Å². The molecule has 0 saturated heterocycles. The van der Waals surface area contributed by atoms with Gasteiger partial charge in [0.2, 0.25) is 0 Å². The number of hydrogen-bond donors (Lipinski definition) is 0. The van der Waals surface area contributed by atoms with E-state index in [1.54, 1.807) is 54.4 Å². The molecule has 1 aromatic carbocycles. The van der Waals surface area contributed by atoms with Crippen molar-refractivity contribution in [1.82, 2.24) is 0 Å². The van der Waals surface area contributed by atoms with Crippen molar-refractivity contribution in [3.8, 4) is 0 Å². The van der Waals surface area contributed by atoms with Gasteiger partial charge < -0.3 is 16.0 Å². The maximum Gasteiger partial charge on any atom is 4.00 e. The Morgan fingerprint density at radius 1 is 0.778 bits per heavy atom. The molecule has 0 heterocycles. The van der Waals surface area contributed by atoms with E-state index in [-0.39, 0.29) is 30.2 Å². The van der Waals surface area contributed by atoms with Crippen LogP contribution in [0.25, 0.3) is 16.0 Å². The monoisotopic (exact) mass is 489 g/mol. The van der Waals surface area contributed by atoms with Gasteiger partial charge in [0.1, 0.15) is 0 Å². The molecule has 0 N–H and O–H groups in total. The fraction of sp³-hybridized carbons (Fsp3) is 0.545. The first-order valence-corrected chi connectivity index (χ1v) is 8.03. The van der Waals surface area contributed by atoms with Gasteiger partial charge in [-0.1, -0.05) is 0 Å². The molecule has 0 saturated carbocycles. The molecule has 0 spiro atoms. The Balaban J connectivity index is -0.0000000840. The molecule has 0 aliphatic rings. The van der Waals surface area contributed by atoms with Crippen molar-refractivity contribution >= 4 is 19.7 Å². The van der Waals surface area contributed by atoms with E-state index in [4.69, 9.17) is 0 Å². The second-order valence-corrected chi connectivity index (χ2v) is 5.52. The van der Waals surface area contributed by atoms with Crippen molar-refractivity contribution in [1.29, 1.82) is 0 Å². The molecule has 0 aliphatic heterocycles. The number of hydrogen-bond acceptors (Lipinski definition) is 0. The molecular formula is C11H23F2GeHfN3. The molecule has 1 rings (SSSR count). The second kappa shape index (κ2) is 26.1. The Bertz CT molecular complexity index is 195. The largest absolute Gasteiger partial charge is 4.00 e. The first kappa shape index (κ1) is 26.9. The summed E-state index contributed by atoms with van der Waals surface area (Å²) in [6, 6.07) is 6.27. The summed E-state index contributed by atoms with van der Waals surface area (Å²) in [5, 5.41) is 10.5. The van der Waals surface area contributed by atoms with Gasteiger partial charge in [0.15, 0.2) is 0 Å². The van der Waals surface area contributed by atoms with Gasteiger partial charge in [-0.15, -0.1) is 0 Å². The summed E-state index contributed by atoms with van der Waals surface area (Å²) in [5.41, 5.74) is 0. The maximum absolute atomic E-state index is 11.8. The number of nitrogens with zero attached hydrogens (tertiary/aromatic N) is 3. The van der Waals surface area contributed by atoms with Gasteiger partial charge in [-0.05, 0) is 0 Å². The van der Waals surface area contributed by atoms with Crippen LogP contribution >= 0.6 is 0 Å². The summed E-state index contributed by atoms with van der Waals surface area (Å²) in [6.45, 7) is 0. The van der Waals surface area contributed by atoms with Crippen LogP contribution in [-0.4, -0.2) is 57.6 Å². The molecule has 104 valence electrons. The van der Waals surface area contributed by atoms with Gasteiger partial charge in [-0.25, -0.2) is 0 Å². The van der Waals surface area contributed by atoms with Crippen molar-refractivity contribution in [2.45, 2.75) is 0 Å². The fourth-order valence-corrected chi connectivity index (χ4v) is 1.61. The van der Waals surface area contributed by atoms with E-state index in [0.29, 0.717) is 0 Å². The van der Waals surface area contributed by atoms with Crippen molar-refractivity contribution in [3.63, 3.8) is 0 Å². The zero-order valence-electron chi connectivity index (χ0n) is 12.0. The SMILES string of the molecule is C[N-]C.C[N-]C.C[N-]C.[F][GeH]([F])[c-]1cccc1.[Hf+4]. The number of halogens is 2. The van der Waals surface area contributed by atoms with E-state index in [0.717, 1.165) is 0 Å². The van der Waals surface area contributed by atoms with Crippen molar-refractivity contribution in [2.24, 2.45) is 0 Å². The van der Waals surface area contributed by atoms with Crippen LogP contribution in [0.1, 0.15) is 0 Å². The standard InChI is InChI=1S/C5H5F2Ge.3C2H6N.Hf/c6-8(7)5-3-1-2-4-5;3*1-3-2;/h1-4,8H;3*1-2H3;/q4*-1;+4. The summed E-state index contributed by atoms with van der Waals surface area (Å²) in [6.07, 6.45) is 0. The normalized spacial score (nSPS) is 7.61. The third-order valence-corrected chi connectivity index (χ3v) is 2.81. The molecule has 0 amide bonds. The average Bonchev–Trinajstić information content (AvgIpc) is 2.73. The molecule has 0 unspecified atom stereocenters. The van der Waals surface area contributed by atoms with Crippen molar-refractivity contribution in [3.05, 3.63) is 40.2 Å². The van der Waals surface area contributed by atoms with E-state index in [9.17, 15) is 7.00 Å². The fourth-order valence-electron chi connectivity index (χ4n) is 0.534. The second-order valence-electron chi connectivity index (χ2n) is 2.86. The molecule has 1 aromatic rings. The van der Waals surface area contributed by atoms with Gasteiger partial charge in [0.25, 0.3) is 0 Å².